The van der Waals surface area contributed by atoms with Crippen LogP contribution in [-0.2, 0) is 13.0 Å². The van der Waals surface area contributed by atoms with Gasteiger partial charge in [-0.1, -0.05) is 42.0 Å². The van der Waals surface area contributed by atoms with Crippen molar-refractivity contribution in [1.82, 2.24) is 19.7 Å². The smallest absolute Gasteiger partial charge is 0.230 e. The fraction of sp³-hybridized carbons (Fsp3) is 0.208. The summed E-state index contributed by atoms with van der Waals surface area (Å²) >= 11 is 3.30. The molecule has 1 N–H and O–H groups in total. The maximum absolute atomic E-state index is 5.60. The molecule has 164 valence electrons. The molecule has 0 unspecified atom stereocenters. The van der Waals surface area contributed by atoms with Gasteiger partial charge in [-0.05, 0) is 37.4 Å². The van der Waals surface area contributed by atoms with Crippen LogP contribution in [-0.4, -0.2) is 26.9 Å². The van der Waals surface area contributed by atoms with Crippen molar-refractivity contribution in [3.05, 3.63) is 81.7 Å². The number of hydrogen-bond donors (Lipinski definition) is 1. The highest BCUT2D eigenvalue weighted by Crippen LogP contribution is 2.32. The average molecular weight is 464 g/mol. The van der Waals surface area contributed by atoms with Crippen molar-refractivity contribution in [3.8, 4) is 22.1 Å². The quantitative estimate of drug-likeness (QED) is 0.302. The number of thiazole rings is 1. The Bertz CT molecular complexity index is 1220. The lowest BCUT2D eigenvalue weighted by Crippen LogP contribution is -2.08. The van der Waals surface area contributed by atoms with Crippen LogP contribution in [0.2, 0.25) is 0 Å². The van der Waals surface area contributed by atoms with E-state index in [-0.39, 0.29) is 0 Å². The molecule has 1 aromatic carbocycles. The van der Waals surface area contributed by atoms with E-state index in [1.165, 1.54) is 5.57 Å². The minimum atomic E-state index is 0.561. The van der Waals surface area contributed by atoms with E-state index in [1.807, 2.05) is 53.3 Å². The molecule has 0 atom stereocenters. The summed E-state index contributed by atoms with van der Waals surface area (Å²) in [5.74, 6) is 2.18. The Morgan fingerprint density at radius 2 is 2.03 bits per heavy atom. The number of ether oxygens (including phenoxy) is 1. The van der Waals surface area contributed by atoms with Crippen molar-refractivity contribution in [2.24, 2.45) is 0 Å². The minimum absolute atomic E-state index is 0.561. The van der Waals surface area contributed by atoms with Gasteiger partial charge in [-0.15, -0.1) is 32.9 Å². The lowest BCUT2D eigenvalue weighted by Gasteiger charge is -2.14. The SMILES string of the molecule is C/C=C(C)\C=C/Cc1nc(CNc2nnc(-c3cccs3)n2-c2ccccc2OC)cs1. The molecule has 3 heterocycles. The van der Waals surface area contributed by atoms with Crippen LogP contribution in [0.15, 0.2) is 71.0 Å². The van der Waals surface area contributed by atoms with Crippen molar-refractivity contribution >= 4 is 28.6 Å². The lowest BCUT2D eigenvalue weighted by molar-refractivity contribution is 0.413. The van der Waals surface area contributed by atoms with Crippen LogP contribution in [0.1, 0.15) is 24.5 Å². The third kappa shape index (κ3) is 4.98. The molecule has 8 heteroatoms. The summed E-state index contributed by atoms with van der Waals surface area (Å²) in [5.41, 5.74) is 3.11. The molecule has 0 aliphatic heterocycles. The van der Waals surface area contributed by atoms with Crippen LogP contribution < -0.4 is 10.1 Å². The third-order valence-corrected chi connectivity index (χ3v) is 6.67. The Morgan fingerprint density at radius 3 is 2.81 bits per heavy atom. The number of nitrogens with zero attached hydrogens (tertiary/aromatic N) is 4. The highest BCUT2D eigenvalue weighted by molar-refractivity contribution is 7.13. The summed E-state index contributed by atoms with van der Waals surface area (Å²) in [4.78, 5) is 5.78. The van der Waals surface area contributed by atoms with Crippen molar-refractivity contribution < 1.29 is 4.74 Å². The van der Waals surface area contributed by atoms with E-state index in [0.29, 0.717) is 12.5 Å². The molecule has 0 aliphatic rings. The Morgan fingerprint density at radius 1 is 1.16 bits per heavy atom. The zero-order chi connectivity index (χ0) is 22.3. The first-order valence-electron chi connectivity index (χ1n) is 10.3. The molecule has 0 aliphatic carbocycles. The number of benzene rings is 1. The number of allylic oxidation sites excluding steroid dienone is 4. The Labute approximate surface area is 195 Å². The monoisotopic (exact) mass is 463 g/mol. The largest absolute Gasteiger partial charge is 0.495 e. The first kappa shape index (κ1) is 22.0. The Hall–Kier alpha value is -3.23. The third-order valence-electron chi connectivity index (χ3n) is 4.89. The number of rotatable bonds is 9. The van der Waals surface area contributed by atoms with E-state index in [0.717, 1.165) is 39.3 Å². The predicted molar refractivity (Wildman–Crippen MR) is 133 cm³/mol. The molecular weight excluding hydrogens is 438 g/mol. The summed E-state index contributed by atoms with van der Waals surface area (Å²) in [6.07, 6.45) is 7.20. The van der Waals surface area contributed by atoms with E-state index >= 15 is 0 Å². The van der Waals surface area contributed by atoms with Gasteiger partial charge in [0.05, 0.1) is 34.9 Å². The maximum atomic E-state index is 5.60. The number of hydrogen-bond acceptors (Lipinski definition) is 7. The van der Waals surface area contributed by atoms with Crippen molar-refractivity contribution in [1.29, 1.82) is 0 Å². The van der Waals surface area contributed by atoms with Crippen LogP contribution in [0.3, 0.4) is 0 Å². The van der Waals surface area contributed by atoms with E-state index in [2.05, 4.69) is 46.0 Å². The Kier molecular flexibility index (Phi) is 7.14. The molecule has 4 aromatic rings. The molecule has 0 amide bonds. The molecule has 0 bridgehead atoms. The number of nitrogens with one attached hydrogen (secondary N) is 1. The normalized spacial score (nSPS) is 11.9. The summed E-state index contributed by atoms with van der Waals surface area (Å²) in [7, 11) is 1.67. The van der Waals surface area contributed by atoms with Crippen LogP contribution in [0.5, 0.6) is 5.75 Å². The van der Waals surface area contributed by atoms with Crippen LogP contribution >= 0.6 is 22.7 Å². The van der Waals surface area contributed by atoms with E-state index in [4.69, 9.17) is 9.72 Å². The first-order valence-corrected chi connectivity index (χ1v) is 12.0. The minimum Gasteiger partial charge on any atom is -0.495 e. The molecule has 4 rings (SSSR count). The first-order chi connectivity index (χ1) is 15.7. The highest BCUT2D eigenvalue weighted by atomic mass is 32.1. The van der Waals surface area contributed by atoms with Gasteiger partial charge in [-0.25, -0.2) is 4.98 Å². The molecule has 32 heavy (non-hydrogen) atoms. The van der Waals surface area contributed by atoms with Gasteiger partial charge >= 0.3 is 0 Å². The van der Waals surface area contributed by atoms with E-state index in [9.17, 15) is 0 Å². The van der Waals surface area contributed by atoms with Gasteiger partial charge in [0.25, 0.3) is 0 Å². The molecule has 0 saturated heterocycles. The van der Waals surface area contributed by atoms with E-state index in [1.54, 1.807) is 29.8 Å². The van der Waals surface area contributed by atoms with Gasteiger partial charge in [0.2, 0.25) is 5.95 Å². The molecule has 0 saturated carbocycles. The summed E-state index contributed by atoms with van der Waals surface area (Å²) < 4.78 is 7.60. The lowest BCUT2D eigenvalue weighted by atomic mass is 10.2. The maximum Gasteiger partial charge on any atom is 0.230 e. The van der Waals surface area contributed by atoms with Crippen LogP contribution in [0, 0.1) is 0 Å². The topological polar surface area (TPSA) is 64.9 Å². The molecular formula is C24H25N5OS2. The average Bonchev–Trinajstić information content (AvgIpc) is 3.58. The second-order valence-corrected chi connectivity index (χ2v) is 8.95. The molecule has 3 aromatic heterocycles. The number of para-hydroxylation sites is 2. The van der Waals surface area contributed by atoms with Gasteiger partial charge in [0, 0.05) is 11.8 Å². The van der Waals surface area contributed by atoms with Gasteiger partial charge in [0.1, 0.15) is 5.75 Å². The van der Waals surface area contributed by atoms with Gasteiger partial charge in [-0.2, -0.15) is 0 Å². The van der Waals surface area contributed by atoms with Crippen molar-refractivity contribution in [2.45, 2.75) is 26.8 Å². The molecule has 0 spiro atoms. The second kappa shape index (κ2) is 10.4. The summed E-state index contributed by atoms with van der Waals surface area (Å²) in [5, 5.41) is 17.5. The van der Waals surface area contributed by atoms with Crippen molar-refractivity contribution in [2.75, 3.05) is 12.4 Å². The van der Waals surface area contributed by atoms with Crippen LogP contribution in [0.25, 0.3) is 16.4 Å². The fourth-order valence-corrected chi connectivity index (χ4v) is 4.61. The molecule has 0 fully saturated rings. The zero-order valence-corrected chi connectivity index (χ0v) is 19.9. The summed E-state index contributed by atoms with van der Waals surface area (Å²) in [6, 6.07) is 11.9. The number of anilines is 1. The van der Waals surface area contributed by atoms with E-state index < -0.39 is 0 Å². The second-order valence-electron chi connectivity index (χ2n) is 7.06. The van der Waals surface area contributed by atoms with Gasteiger partial charge < -0.3 is 10.1 Å². The molecule has 6 nitrogen and oxygen atoms in total. The summed E-state index contributed by atoms with van der Waals surface area (Å²) in [6.45, 7) is 4.70. The molecule has 0 radical (unpaired) electrons. The predicted octanol–water partition coefficient (Wildman–Crippen LogP) is 6.14. The Balaban J connectivity index is 1.57. The van der Waals surface area contributed by atoms with Crippen molar-refractivity contribution in [3.63, 3.8) is 0 Å². The van der Waals surface area contributed by atoms with Gasteiger partial charge in [-0.3, -0.25) is 4.57 Å². The highest BCUT2D eigenvalue weighted by Gasteiger charge is 2.19. The van der Waals surface area contributed by atoms with Crippen LogP contribution in [0.4, 0.5) is 5.95 Å². The van der Waals surface area contributed by atoms with Gasteiger partial charge in [0.15, 0.2) is 5.82 Å². The standard InChI is InChI=1S/C24H25N5OS2/c1-4-17(2)9-7-13-22-26-18(16-32-22)15-25-24-28-27-23(21-12-8-14-31-21)29(24)19-10-5-6-11-20(19)30-3/h4-12,14,16H,13,15H2,1-3H3,(H,25,28)/b9-7-,17-4-. The number of aromatic nitrogens is 4. The zero-order valence-electron chi connectivity index (χ0n) is 18.3. The fourth-order valence-electron chi connectivity index (χ4n) is 3.14. The number of thiophene rings is 1. The number of methoxy groups -OCH3 is 1.